The molecule has 0 aliphatic heterocycles. The van der Waals surface area contributed by atoms with Crippen LogP contribution in [0, 0.1) is 0 Å². The monoisotopic (exact) mass is 541 g/mol. The van der Waals surface area contributed by atoms with Crippen molar-refractivity contribution in [3.8, 4) is 5.75 Å². The molecule has 0 spiro atoms. The number of phenolic OH excluding ortho intramolecular Hbond substituents is 1. The van der Waals surface area contributed by atoms with Gasteiger partial charge in [-0.15, -0.1) is 0 Å². The van der Waals surface area contributed by atoms with Gasteiger partial charge in [-0.1, -0.05) is 42.5 Å². The van der Waals surface area contributed by atoms with Crippen molar-refractivity contribution in [1.82, 2.24) is 16.0 Å². The van der Waals surface area contributed by atoms with Crippen molar-refractivity contribution < 1.29 is 29.4 Å². The van der Waals surface area contributed by atoms with Gasteiger partial charge in [-0.3, -0.25) is 24.2 Å². The molecule has 3 atom stereocenters. The molecular formula is C26H35N7O6. The highest BCUT2D eigenvalue weighted by Gasteiger charge is 2.28. The zero-order chi connectivity index (χ0) is 28.8. The number of carboxylic acids is 1. The van der Waals surface area contributed by atoms with Gasteiger partial charge in [-0.25, -0.2) is 0 Å². The third-order valence-corrected chi connectivity index (χ3v) is 5.64. The van der Waals surface area contributed by atoms with Crippen molar-refractivity contribution in [2.24, 2.45) is 22.2 Å². The molecule has 3 unspecified atom stereocenters. The lowest BCUT2D eigenvalue weighted by Crippen LogP contribution is -2.56. The summed E-state index contributed by atoms with van der Waals surface area (Å²) < 4.78 is 0. The largest absolute Gasteiger partial charge is 0.508 e. The van der Waals surface area contributed by atoms with Crippen LogP contribution in [0.2, 0.25) is 0 Å². The van der Waals surface area contributed by atoms with Crippen LogP contribution in [0.4, 0.5) is 0 Å². The van der Waals surface area contributed by atoms with Gasteiger partial charge in [-0.2, -0.15) is 0 Å². The number of phenols is 1. The summed E-state index contributed by atoms with van der Waals surface area (Å²) in [6.45, 7) is -0.443. The zero-order valence-electron chi connectivity index (χ0n) is 21.4. The minimum absolute atomic E-state index is 0.000337. The lowest BCUT2D eigenvalue weighted by Gasteiger charge is -2.24. The summed E-state index contributed by atoms with van der Waals surface area (Å²) in [5, 5.41) is 26.0. The van der Waals surface area contributed by atoms with Crippen LogP contribution in [0.1, 0.15) is 24.0 Å². The first-order valence-corrected chi connectivity index (χ1v) is 12.3. The average molecular weight is 542 g/mol. The van der Waals surface area contributed by atoms with Crippen molar-refractivity contribution in [3.63, 3.8) is 0 Å². The van der Waals surface area contributed by atoms with E-state index in [0.29, 0.717) is 12.0 Å². The molecule has 0 fully saturated rings. The van der Waals surface area contributed by atoms with Crippen LogP contribution in [0.15, 0.2) is 59.6 Å². The van der Waals surface area contributed by atoms with E-state index in [1.165, 1.54) is 12.1 Å². The molecule has 0 aliphatic carbocycles. The number of hydrogen-bond acceptors (Lipinski definition) is 7. The Labute approximate surface area is 225 Å². The number of aliphatic imine (C=N–C) groups is 1. The van der Waals surface area contributed by atoms with Crippen molar-refractivity contribution in [3.05, 3.63) is 65.7 Å². The lowest BCUT2D eigenvalue weighted by molar-refractivity contribution is -0.138. The third-order valence-electron chi connectivity index (χ3n) is 5.64. The topological polar surface area (TPSA) is 235 Å². The quantitative estimate of drug-likeness (QED) is 0.0761. The number of guanidine groups is 1. The van der Waals surface area contributed by atoms with Gasteiger partial charge in [0.25, 0.3) is 0 Å². The summed E-state index contributed by atoms with van der Waals surface area (Å²) in [6, 6.07) is 11.9. The van der Waals surface area contributed by atoms with Crippen molar-refractivity contribution in [1.29, 1.82) is 0 Å². The fraction of sp³-hybridized carbons (Fsp3) is 0.346. The van der Waals surface area contributed by atoms with Gasteiger partial charge in [0, 0.05) is 13.0 Å². The highest BCUT2D eigenvalue weighted by molar-refractivity contribution is 5.93. The van der Waals surface area contributed by atoms with Crippen LogP contribution in [-0.4, -0.2) is 71.1 Å². The fourth-order valence-electron chi connectivity index (χ4n) is 3.65. The lowest BCUT2D eigenvalue weighted by atomic mass is 10.0. The standard InChI is InChI=1S/C26H35N7O6/c27-19(13-16-5-2-1-3-6-16)23(37)32-20(7-4-12-30-26(28)29)25(39)33-21(24(38)31-15-22(35)36)14-17-8-10-18(34)11-9-17/h1-3,5-6,8-11,19-21,34H,4,7,12-15,27H2,(H,31,38)(H,32,37)(H,33,39)(H,35,36)(H4,28,29,30). The van der Waals surface area contributed by atoms with Crippen LogP contribution in [0.25, 0.3) is 0 Å². The van der Waals surface area contributed by atoms with E-state index in [0.717, 1.165) is 5.56 Å². The van der Waals surface area contributed by atoms with E-state index in [1.807, 2.05) is 30.3 Å². The molecule has 210 valence electrons. The summed E-state index contributed by atoms with van der Waals surface area (Å²) in [4.78, 5) is 53.8. The molecule has 0 aromatic heterocycles. The van der Waals surface area contributed by atoms with Gasteiger partial charge in [0.1, 0.15) is 24.4 Å². The molecule has 0 heterocycles. The second-order valence-corrected chi connectivity index (χ2v) is 8.85. The molecule has 2 aromatic carbocycles. The number of nitrogens with two attached hydrogens (primary N) is 3. The van der Waals surface area contributed by atoms with Gasteiger partial charge >= 0.3 is 5.97 Å². The molecule has 39 heavy (non-hydrogen) atoms. The zero-order valence-corrected chi connectivity index (χ0v) is 21.4. The minimum Gasteiger partial charge on any atom is -0.508 e. The van der Waals surface area contributed by atoms with E-state index in [-0.39, 0.29) is 37.5 Å². The number of carbonyl (C=O) groups is 4. The number of nitrogens with one attached hydrogen (secondary N) is 3. The predicted octanol–water partition coefficient (Wildman–Crippen LogP) is -1.27. The summed E-state index contributed by atoms with van der Waals surface area (Å²) in [7, 11) is 0. The highest BCUT2D eigenvalue weighted by atomic mass is 16.4. The number of hydrogen-bond donors (Lipinski definition) is 8. The smallest absolute Gasteiger partial charge is 0.322 e. The van der Waals surface area contributed by atoms with Gasteiger partial charge < -0.3 is 43.4 Å². The van der Waals surface area contributed by atoms with Crippen LogP contribution in [0.3, 0.4) is 0 Å². The van der Waals surface area contributed by atoms with Gasteiger partial charge in [0.2, 0.25) is 17.7 Å². The second-order valence-electron chi connectivity index (χ2n) is 8.85. The maximum absolute atomic E-state index is 13.3. The first-order valence-electron chi connectivity index (χ1n) is 12.3. The molecule has 2 aromatic rings. The summed E-state index contributed by atoms with van der Waals surface area (Å²) >= 11 is 0. The highest BCUT2D eigenvalue weighted by Crippen LogP contribution is 2.12. The van der Waals surface area contributed by atoms with Crippen LogP contribution < -0.4 is 33.2 Å². The van der Waals surface area contributed by atoms with Gasteiger partial charge in [-0.05, 0) is 42.5 Å². The number of carbonyl (C=O) groups excluding carboxylic acids is 3. The molecule has 0 bridgehead atoms. The normalized spacial score (nSPS) is 12.8. The van der Waals surface area contributed by atoms with E-state index in [2.05, 4.69) is 20.9 Å². The molecule has 0 radical (unpaired) electrons. The Balaban J connectivity index is 2.17. The number of amides is 3. The van der Waals surface area contributed by atoms with E-state index >= 15 is 0 Å². The molecular weight excluding hydrogens is 506 g/mol. The van der Waals surface area contributed by atoms with Crippen LogP contribution >= 0.6 is 0 Å². The van der Waals surface area contributed by atoms with Gasteiger partial charge in [0.05, 0.1) is 6.04 Å². The van der Waals surface area contributed by atoms with E-state index < -0.39 is 48.4 Å². The van der Waals surface area contributed by atoms with Gasteiger partial charge in [0.15, 0.2) is 5.96 Å². The molecule has 0 aliphatic rings. The van der Waals surface area contributed by atoms with Crippen molar-refractivity contribution >= 4 is 29.7 Å². The Morgan fingerprint density at radius 1 is 0.821 bits per heavy atom. The van der Waals surface area contributed by atoms with E-state index in [1.54, 1.807) is 12.1 Å². The summed E-state index contributed by atoms with van der Waals surface area (Å²) in [5.74, 6) is -3.32. The maximum atomic E-state index is 13.3. The Kier molecular flexibility index (Phi) is 12.2. The third kappa shape index (κ3) is 11.5. The van der Waals surface area contributed by atoms with Crippen LogP contribution in [0.5, 0.6) is 5.75 Å². The van der Waals surface area contributed by atoms with Crippen molar-refractivity contribution in [2.45, 2.75) is 43.8 Å². The Morgan fingerprint density at radius 2 is 1.44 bits per heavy atom. The Morgan fingerprint density at radius 3 is 2.05 bits per heavy atom. The Bertz CT molecular complexity index is 1140. The fourth-order valence-corrected chi connectivity index (χ4v) is 3.65. The number of rotatable bonds is 15. The molecule has 0 saturated heterocycles. The van der Waals surface area contributed by atoms with Crippen LogP contribution in [-0.2, 0) is 32.0 Å². The molecule has 11 N–H and O–H groups in total. The molecule has 2 rings (SSSR count). The number of benzene rings is 2. The number of aromatic hydroxyl groups is 1. The Hall–Kier alpha value is -4.65. The number of carboxylic acid groups (broad SMARTS) is 1. The second kappa shape index (κ2) is 15.6. The number of aliphatic carboxylic acids is 1. The van der Waals surface area contributed by atoms with Crippen molar-refractivity contribution in [2.75, 3.05) is 13.1 Å². The van der Waals surface area contributed by atoms with E-state index in [9.17, 15) is 24.3 Å². The maximum Gasteiger partial charge on any atom is 0.322 e. The number of nitrogens with zero attached hydrogens (tertiary/aromatic N) is 1. The molecule has 13 nitrogen and oxygen atoms in total. The minimum atomic E-state index is -1.25. The molecule has 0 saturated carbocycles. The summed E-state index contributed by atoms with van der Waals surface area (Å²) in [5.41, 5.74) is 18.2. The molecule has 13 heteroatoms. The average Bonchev–Trinajstić information content (AvgIpc) is 2.90. The molecule has 3 amide bonds. The first-order chi connectivity index (χ1) is 18.5. The van der Waals surface area contributed by atoms with E-state index in [4.69, 9.17) is 22.3 Å². The predicted molar refractivity (Wildman–Crippen MR) is 144 cm³/mol. The first kappa shape index (κ1) is 30.6. The summed E-state index contributed by atoms with van der Waals surface area (Å²) in [6.07, 6.45) is 0.711. The SMILES string of the molecule is NC(N)=NCCCC(NC(=O)C(N)Cc1ccccc1)C(=O)NC(Cc1ccc(O)cc1)C(=O)NCC(=O)O.